The largest absolute Gasteiger partial charge is 0.399 e. The summed E-state index contributed by atoms with van der Waals surface area (Å²) in [6.45, 7) is 0. The van der Waals surface area contributed by atoms with E-state index in [1.807, 2.05) is 0 Å². The van der Waals surface area contributed by atoms with Gasteiger partial charge in [-0.1, -0.05) is 11.6 Å². The number of amides is 1. The average molecular weight is 249 g/mol. The Bertz CT molecular complexity index is 524. The fourth-order valence-corrected chi connectivity index (χ4v) is 1.31. The number of aromatic nitrogens is 2. The molecule has 17 heavy (non-hydrogen) atoms. The molecule has 3 N–H and O–H groups in total. The average Bonchev–Trinajstić information content (AvgIpc) is 2.33. The molecule has 0 fully saturated rings. The maximum absolute atomic E-state index is 11.8. The molecule has 6 heteroatoms. The molecular weight excluding hydrogens is 240 g/mol. The van der Waals surface area contributed by atoms with Gasteiger partial charge in [-0.25, -0.2) is 0 Å². The van der Waals surface area contributed by atoms with Crippen LogP contribution >= 0.6 is 11.6 Å². The van der Waals surface area contributed by atoms with Crippen molar-refractivity contribution in [2.75, 3.05) is 11.1 Å². The fourth-order valence-electron chi connectivity index (χ4n) is 1.21. The van der Waals surface area contributed by atoms with E-state index in [0.717, 1.165) is 0 Å². The molecule has 0 bridgehead atoms. The van der Waals surface area contributed by atoms with Crippen molar-refractivity contribution in [2.24, 2.45) is 0 Å². The number of nitrogens with two attached hydrogens (primary N) is 1. The normalized spacial score (nSPS) is 9.94. The van der Waals surface area contributed by atoms with E-state index < -0.39 is 0 Å². The molecule has 1 aromatic heterocycles. The van der Waals surface area contributed by atoms with Crippen LogP contribution in [0.25, 0.3) is 0 Å². The topological polar surface area (TPSA) is 80.9 Å². The highest BCUT2D eigenvalue weighted by Crippen LogP contribution is 2.10. The third kappa shape index (κ3) is 2.92. The first kappa shape index (κ1) is 11.3. The number of carbonyl (C=O) groups excluding carboxylic acids is 1. The molecule has 2 aromatic rings. The standard InChI is InChI=1S/C11H9ClN4O/c12-9-5-6-10(16-15-9)14-11(17)7-1-3-8(13)4-2-7/h1-6H,13H2,(H,14,16,17). The molecular formula is C11H9ClN4O. The minimum absolute atomic E-state index is 0.274. The second kappa shape index (κ2) is 4.80. The summed E-state index contributed by atoms with van der Waals surface area (Å²) in [6.07, 6.45) is 0. The van der Waals surface area contributed by atoms with E-state index >= 15 is 0 Å². The first-order valence-corrected chi connectivity index (χ1v) is 5.19. The van der Waals surface area contributed by atoms with Crippen molar-refractivity contribution < 1.29 is 4.79 Å². The smallest absolute Gasteiger partial charge is 0.256 e. The summed E-state index contributed by atoms with van der Waals surface area (Å²) >= 11 is 5.58. The number of anilines is 2. The number of rotatable bonds is 2. The van der Waals surface area contributed by atoms with E-state index in [2.05, 4.69) is 15.5 Å². The quantitative estimate of drug-likeness (QED) is 0.796. The third-order valence-corrected chi connectivity index (χ3v) is 2.25. The molecule has 5 nitrogen and oxygen atoms in total. The highest BCUT2D eigenvalue weighted by Gasteiger charge is 2.06. The lowest BCUT2D eigenvalue weighted by atomic mass is 10.2. The lowest BCUT2D eigenvalue weighted by Gasteiger charge is -2.03. The first-order chi connectivity index (χ1) is 8.15. The molecule has 0 aliphatic carbocycles. The van der Waals surface area contributed by atoms with E-state index in [1.54, 1.807) is 36.4 Å². The van der Waals surface area contributed by atoms with Gasteiger partial charge in [0.1, 0.15) is 0 Å². The number of hydrogen-bond donors (Lipinski definition) is 2. The predicted octanol–water partition coefficient (Wildman–Crippen LogP) is 1.96. The molecule has 1 amide bonds. The van der Waals surface area contributed by atoms with Crippen LogP contribution in [0.1, 0.15) is 10.4 Å². The van der Waals surface area contributed by atoms with Crippen LogP contribution in [0, 0.1) is 0 Å². The molecule has 1 heterocycles. The monoisotopic (exact) mass is 248 g/mol. The second-order valence-electron chi connectivity index (χ2n) is 3.32. The van der Waals surface area contributed by atoms with Gasteiger partial charge >= 0.3 is 0 Å². The molecule has 0 saturated carbocycles. The Kier molecular flexibility index (Phi) is 3.20. The van der Waals surface area contributed by atoms with Crippen LogP contribution in [0.5, 0.6) is 0 Å². The van der Waals surface area contributed by atoms with Crippen LogP contribution < -0.4 is 11.1 Å². The zero-order valence-electron chi connectivity index (χ0n) is 8.72. The van der Waals surface area contributed by atoms with Crippen LogP contribution in [0.3, 0.4) is 0 Å². The molecule has 0 radical (unpaired) electrons. The summed E-state index contributed by atoms with van der Waals surface area (Å²) in [7, 11) is 0. The van der Waals surface area contributed by atoms with Gasteiger partial charge in [-0.3, -0.25) is 4.79 Å². The van der Waals surface area contributed by atoms with Crippen LogP contribution in [0.4, 0.5) is 11.5 Å². The van der Waals surface area contributed by atoms with Gasteiger partial charge in [0.05, 0.1) is 0 Å². The van der Waals surface area contributed by atoms with E-state index in [0.29, 0.717) is 17.1 Å². The molecule has 0 unspecified atom stereocenters. The zero-order chi connectivity index (χ0) is 12.3. The van der Waals surface area contributed by atoms with Gasteiger partial charge in [0, 0.05) is 11.3 Å². The zero-order valence-corrected chi connectivity index (χ0v) is 9.48. The summed E-state index contributed by atoms with van der Waals surface area (Å²) in [5.41, 5.74) is 6.63. The van der Waals surface area contributed by atoms with Crippen molar-refractivity contribution in [3.63, 3.8) is 0 Å². The molecule has 86 valence electrons. The van der Waals surface area contributed by atoms with Crippen molar-refractivity contribution in [1.29, 1.82) is 0 Å². The Morgan fingerprint density at radius 2 is 1.82 bits per heavy atom. The molecule has 1 aromatic carbocycles. The number of nitrogen functional groups attached to an aromatic ring is 1. The van der Waals surface area contributed by atoms with Gasteiger partial charge in [0.2, 0.25) is 0 Å². The Balaban J connectivity index is 2.11. The predicted molar refractivity (Wildman–Crippen MR) is 65.8 cm³/mol. The van der Waals surface area contributed by atoms with Crippen LogP contribution in [0.15, 0.2) is 36.4 Å². The summed E-state index contributed by atoms with van der Waals surface area (Å²) in [4.78, 5) is 11.8. The Hall–Kier alpha value is -2.14. The summed E-state index contributed by atoms with van der Waals surface area (Å²) in [5, 5.41) is 10.2. The highest BCUT2D eigenvalue weighted by molar-refractivity contribution is 6.29. The lowest BCUT2D eigenvalue weighted by Crippen LogP contribution is -2.13. The highest BCUT2D eigenvalue weighted by atomic mass is 35.5. The van der Waals surface area contributed by atoms with E-state index in [4.69, 9.17) is 17.3 Å². The van der Waals surface area contributed by atoms with Crippen LogP contribution in [-0.2, 0) is 0 Å². The molecule has 0 aliphatic heterocycles. The van der Waals surface area contributed by atoms with Crippen molar-refractivity contribution in [2.45, 2.75) is 0 Å². The fraction of sp³-hybridized carbons (Fsp3) is 0. The van der Waals surface area contributed by atoms with Gasteiger partial charge in [0.15, 0.2) is 11.0 Å². The van der Waals surface area contributed by atoms with Gasteiger partial charge in [-0.2, -0.15) is 0 Å². The van der Waals surface area contributed by atoms with E-state index in [1.165, 1.54) is 0 Å². The van der Waals surface area contributed by atoms with Gasteiger partial charge < -0.3 is 11.1 Å². The summed E-state index contributed by atoms with van der Waals surface area (Å²) in [6, 6.07) is 9.70. The van der Waals surface area contributed by atoms with Crippen LogP contribution in [0.2, 0.25) is 5.15 Å². The Labute approximate surface area is 103 Å². The van der Waals surface area contributed by atoms with E-state index in [9.17, 15) is 4.79 Å². The molecule has 0 saturated heterocycles. The minimum Gasteiger partial charge on any atom is -0.399 e. The molecule has 2 rings (SSSR count). The Morgan fingerprint density at radius 3 is 2.41 bits per heavy atom. The first-order valence-electron chi connectivity index (χ1n) is 4.81. The SMILES string of the molecule is Nc1ccc(C(=O)Nc2ccc(Cl)nn2)cc1. The summed E-state index contributed by atoms with van der Waals surface area (Å²) in [5.74, 6) is 0.0675. The molecule has 0 aliphatic rings. The molecule has 0 spiro atoms. The number of nitrogens with one attached hydrogen (secondary N) is 1. The number of halogens is 1. The minimum atomic E-state index is -0.276. The van der Waals surface area contributed by atoms with Crippen molar-refractivity contribution in [3.05, 3.63) is 47.1 Å². The molecule has 0 atom stereocenters. The van der Waals surface area contributed by atoms with E-state index in [-0.39, 0.29) is 11.1 Å². The van der Waals surface area contributed by atoms with Crippen molar-refractivity contribution in [3.8, 4) is 0 Å². The van der Waals surface area contributed by atoms with Crippen molar-refractivity contribution in [1.82, 2.24) is 10.2 Å². The number of benzene rings is 1. The second-order valence-corrected chi connectivity index (χ2v) is 3.70. The maximum Gasteiger partial charge on any atom is 0.256 e. The lowest BCUT2D eigenvalue weighted by molar-refractivity contribution is 0.102. The number of nitrogens with zero attached hydrogens (tertiary/aromatic N) is 2. The van der Waals surface area contributed by atoms with Gasteiger partial charge in [0.25, 0.3) is 5.91 Å². The van der Waals surface area contributed by atoms with Crippen LogP contribution in [-0.4, -0.2) is 16.1 Å². The Morgan fingerprint density at radius 1 is 1.12 bits per heavy atom. The van der Waals surface area contributed by atoms with Gasteiger partial charge in [-0.05, 0) is 36.4 Å². The summed E-state index contributed by atoms with van der Waals surface area (Å²) < 4.78 is 0. The maximum atomic E-state index is 11.8. The number of hydrogen-bond acceptors (Lipinski definition) is 4. The third-order valence-electron chi connectivity index (χ3n) is 2.05. The van der Waals surface area contributed by atoms with Crippen molar-refractivity contribution >= 4 is 29.0 Å². The number of carbonyl (C=O) groups is 1. The van der Waals surface area contributed by atoms with Gasteiger partial charge in [-0.15, -0.1) is 10.2 Å².